The van der Waals surface area contributed by atoms with Crippen LogP contribution in [0.5, 0.6) is 0 Å². The highest BCUT2D eigenvalue weighted by Crippen LogP contribution is 2.66. The van der Waals surface area contributed by atoms with E-state index in [0.29, 0.717) is 24.2 Å². The fourth-order valence-electron chi connectivity index (χ4n) is 6.79. The van der Waals surface area contributed by atoms with Crippen LogP contribution < -0.4 is 0 Å². The average molecular weight is 336 g/mol. The summed E-state index contributed by atoms with van der Waals surface area (Å²) in [5, 5.41) is 0. The normalized spacial score (nSPS) is 45.6. The van der Waals surface area contributed by atoms with Crippen molar-refractivity contribution in [3.63, 3.8) is 0 Å². The van der Waals surface area contributed by atoms with E-state index in [1.807, 2.05) is 12.0 Å². The summed E-state index contributed by atoms with van der Waals surface area (Å²) in [6, 6.07) is 0. The predicted molar refractivity (Wildman–Crippen MR) is 99.5 cm³/mol. The molecule has 0 amide bonds. The Kier molecular flexibility index (Phi) is 3.64. The van der Waals surface area contributed by atoms with Gasteiger partial charge in [-0.25, -0.2) is 4.79 Å². The zero-order valence-corrected chi connectivity index (χ0v) is 15.6. The van der Waals surface area contributed by atoms with Crippen molar-refractivity contribution in [1.29, 1.82) is 0 Å². The van der Waals surface area contributed by atoms with E-state index in [2.05, 4.69) is 33.4 Å². The molecule has 6 atom stereocenters. The van der Waals surface area contributed by atoms with Crippen LogP contribution in [0.25, 0.3) is 0 Å². The van der Waals surface area contributed by atoms with E-state index in [9.17, 15) is 9.59 Å². The summed E-state index contributed by atoms with van der Waals surface area (Å²) in [6.07, 6.45) is 11.1. The molecule has 0 aromatic heterocycles. The molecular formula is C23H28O2. The molecule has 0 aliphatic heterocycles. The van der Waals surface area contributed by atoms with Gasteiger partial charge in [0.15, 0.2) is 5.78 Å². The topological polar surface area (TPSA) is 34.1 Å². The van der Waals surface area contributed by atoms with Crippen LogP contribution in [0.4, 0.5) is 0 Å². The summed E-state index contributed by atoms with van der Waals surface area (Å²) in [5.74, 6) is 4.15. The highest BCUT2D eigenvalue weighted by atomic mass is 16.1. The predicted octanol–water partition coefficient (Wildman–Crippen LogP) is 4.85. The molecule has 0 radical (unpaired) electrons. The molecule has 0 unspecified atom stereocenters. The zero-order valence-electron chi connectivity index (χ0n) is 15.6. The second-order valence-corrected chi connectivity index (χ2v) is 9.25. The summed E-state index contributed by atoms with van der Waals surface area (Å²) in [5.41, 5.74) is 4.02. The Labute approximate surface area is 150 Å². The van der Waals surface area contributed by atoms with Crippen molar-refractivity contribution in [2.75, 3.05) is 0 Å². The monoisotopic (exact) mass is 336 g/mol. The minimum absolute atomic E-state index is 0.120. The van der Waals surface area contributed by atoms with Gasteiger partial charge in [-0.05, 0) is 72.8 Å². The first-order chi connectivity index (χ1) is 11.8. The van der Waals surface area contributed by atoms with Crippen molar-refractivity contribution in [2.24, 2.45) is 34.5 Å². The first-order valence-electron chi connectivity index (χ1n) is 9.64. The lowest BCUT2D eigenvalue weighted by Crippen LogP contribution is -2.49. The summed E-state index contributed by atoms with van der Waals surface area (Å²) in [4.78, 5) is 23.1. The Balaban J connectivity index is 1.80. The smallest absolute Gasteiger partial charge is 0.156 e. The van der Waals surface area contributed by atoms with E-state index < -0.39 is 0 Å². The van der Waals surface area contributed by atoms with Gasteiger partial charge < -0.3 is 0 Å². The minimum Gasteiger partial charge on any atom is -0.295 e. The van der Waals surface area contributed by atoms with Crippen LogP contribution in [0, 0.1) is 34.5 Å². The lowest BCUT2D eigenvalue weighted by Gasteiger charge is -2.56. The van der Waals surface area contributed by atoms with Crippen LogP contribution in [0.3, 0.4) is 0 Å². The van der Waals surface area contributed by atoms with E-state index >= 15 is 0 Å². The molecule has 0 N–H and O–H groups in total. The Morgan fingerprint density at radius 1 is 1.28 bits per heavy atom. The van der Waals surface area contributed by atoms with Gasteiger partial charge >= 0.3 is 0 Å². The molecule has 0 aromatic rings. The maximum Gasteiger partial charge on any atom is 0.156 e. The van der Waals surface area contributed by atoms with Gasteiger partial charge in [0.1, 0.15) is 5.94 Å². The van der Waals surface area contributed by atoms with E-state index in [4.69, 9.17) is 0 Å². The van der Waals surface area contributed by atoms with Crippen molar-refractivity contribution in [1.82, 2.24) is 0 Å². The molecule has 2 nitrogen and oxygen atoms in total. The van der Waals surface area contributed by atoms with E-state index in [1.54, 1.807) is 6.08 Å². The van der Waals surface area contributed by atoms with E-state index in [1.165, 1.54) is 23.1 Å². The summed E-state index contributed by atoms with van der Waals surface area (Å²) in [7, 11) is 0. The van der Waals surface area contributed by atoms with Gasteiger partial charge in [-0.3, -0.25) is 4.79 Å². The van der Waals surface area contributed by atoms with Crippen LogP contribution >= 0.6 is 0 Å². The molecule has 0 spiro atoms. The Bertz CT molecular complexity index is 763. The third-order valence-electron chi connectivity index (χ3n) is 8.13. The molecule has 0 saturated heterocycles. The second kappa shape index (κ2) is 5.42. The summed E-state index contributed by atoms with van der Waals surface area (Å²) < 4.78 is 0. The van der Waals surface area contributed by atoms with Gasteiger partial charge in [0.2, 0.25) is 0 Å². The molecule has 2 heteroatoms. The molecule has 0 aromatic carbocycles. The van der Waals surface area contributed by atoms with Gasteiger partial charge in [0.25, 0.3) is 0 Å². The second-order valence-electron chi connectivity index (χ2n) is 9.25. The number of fused-ring (bicyclic) bond motifs is 5. The van der Waals surface area contributed by atoms with Crippen LogP contribution in [0.1, 0.15) is 52.9 Å². The first-order valence-corrected chi connectivity index (χ1v) is 9.64. The van der Waals surface area contributed by atoms with E-state index in [-0.39, 0.29) is 22.5 Å². The quantitative estimate of drug-likeness (QED) is 0.506. The Hall–Kier alpha value is -1.66. The van der Waals surface area contributed by atoms with Crippen LogP contribution in [0.15, 0.2) is 41.5 Å². The van der Waals surface area contributed by atoms with Crippen molar-refractivity contribution >= 4 is 11.7 Å². The van der Waals surface area contributed by atoms with Gasteiger partial charge in [-0.2, -0.15) is 0 Å². The number of carbonyl (C=O) groups is 1. The molecule has 0 bridgehead atoms. The number of allylic oxidation sites excluding steroid dienone is 6. The van der Waals surface area contributed by atoms with Crippen molar-refractivity contribution in [3.05, 3.63) is 41.5 Å². The zero-order chi connectivity index (χ0) is 18.0. The van der Waals surface area contributed by atoms with Crippen molar-refractivity contribution < 1.29 is 9.59 Å². The maximum atomic E-state index is 12.0. The fraction of sp³-hybridized carbons (Fsp3) is 0.609. The number of hydrogen-bond donors (Lipinski definition) is 0. The molecular weight excluding hydrogens is 308 g/mol. The average Bonchev–Trinajstić information content (AvgIpc) is 2.82. The highest BCUT2D eigenvalue weighted by Gasteiger charge is 2.59. The molecule has 2 saturated carbocycles. The van der Waals surface area contributed by atoms with Crippen LogP contribution in [-0.4, -0.2) is 11.7 Å². The molecule has 2 fully saturated rings. The minimum atomic E-state index is 0.120. The number of rotatable bonds is 1. The van der Waals surface area contributed by atoms with Gasteiger partial charge in [0, 0.05) is 18.4 Å². The third kappa shape index (κ3) is 2.16. The largest absolute Gasteiger partial charge is 0.295 e. The Morgan fingerprint density at radius 2 is 2.04 bits per heavy atom. The number of hydrogen-bond acceptors (Lipinski definition) is 2. The molecule has 4 rings (SSSR count). The maximum absolute atomic E-state index is 12.0. The SMILES string of the molecule is C=C1C[C@H]2[C@@H]3C=C(C)C4=CC(=O)CC[C@]4(C)[C@H]3CC[C@]2(C)[C@@H]1C=C=O. The molecule has 4 aliphatic carbocycles. The third-order valence-corrected chi connectivity index (χ3v) is 8.13. The Morgan fingerprint density at radius 3 is 2.76 bits per heavy atom. The van der Waals surface area contributed by atoms with Crippen molar-refractivity contribution in [3.8, 4) is 0 Å². The first kappa shape index (κ1) is 16.8. The molecule has 25 heavy (non-hydrogen) atoms. The lowest BCUT2D eigenvalue weighted by atomic mass is 9.47. The van der Waals surface area contributed by atoms with Gasteiger partial charge in [-0.1, -0.05) is 37.6 Å². The van der Waals surface area contributed by atoms with E-state index in [0.717, 1.165) is 19.3 Å². The van der Waals surface area contributed by atoms with Crippen molar-refractivity contribution in [2.45, 2.75) is 52.9 Å². The molecule has 4 aliphatic rings. The lowest BCUT2D eigenvalue weighted by molar-refractivity contribution is -0.116. The molecule has 132 valence electrons. The van der Waals surface area contributed by atoms with Gasteiger partial charge in [-0.15, -0.1) is 0 Å². The summed E-state index contributed by atoms with van der Waals surface area (Å²) in [6.45, 7) is 11.2. The highest BCUT2D eigenvalue weighted by molar-refractivity contribution is 5.92. The fourth-order valence-corrected chi connectivity index (χ4v) is 6.79. The van der Waals surface area contributed by atoms with Gasteiger partial charge in [0.05, 0.1) is 0 Å². The van der Waals surface area contributed by atoms with Crippen LogP contribution in [-0.2, 0) is 9.59 Å². The number of ketones is 1. The molecule has 0 heterocycles. The number of carbonyl (C=O) groups excluding carboxylic acids is 2. The summed E-state index contributed by atoms with van der Waals surface area (Å²) >= 11 is 0. The van der Waals surface area contributed by atoms with Crippen LogP contribution in [0.2, 0.25) is 0 Å². The standard InChI is InChI=1S/C23H28O2/c1-14-11-17-19(23(4)8-5-16(25)13-20(14)23)6-9-22(3)18(7-10-24)15(2)12-21(17)22/h7,11,13,17-19,21H,2,5-6,8-9,12H2,1,3-4H3/t17-,18-,19+,21+,22-,23-/m1/s1.